The fourth-order valence-corrected chi connectivity index (χ4v) is 3.27. The van der Waals surface area contributed by atoms with Crippen molar-refractivity contribution in [2.75, 3.05) is 0 Å². The number of esters is 1. The van der Waals surface area contributed by atoms with E-state index in [4.69, 9.17) is 9.15 Å². The molecule has 0 aliphatic rings. The summed E-state index contributed by atoms with van der Waals surface area (Å²) in [7, 11) is 0. The van der Waals surface area contributed by atoms with Gasteiger partial charge in [-0.3, -0.25) is 9.78 Å². The molecule has 0 bridgehead atoms. The number of hydrogen-bond donors (Lipinski definition) is 0. The van der Waals surface area contributed by atoms with Gasteiger partial charge in [-0.2, -0.15) is 0 Å². The summed E-state index contributed by atoms with van der Waals surface area (Å²) in [5, 5.41) is 2.63. The summed E-state index contributed by atoms with van der Waals surface area (Å²) in [6, 6.07) is 15.8. The Morgan fingerprint density at radius 3 is 2.81 bits per heavy atom. The number of rotatable bonds is 4. The average molecular weight is 363 g/mol. The largest absolute Gasteiger partial charge is 0.426 e. The fraction of sp³-hybridized carbons (Fsp3) is 0.0500. The van der Waals surface area contributed by atoms with Crippen LogP contribution in [-0.2, 0) is 11.2 Å². The zero-order chi connectivity index (χ0) is 17.9. The van der Waals surface area contributed by atoms with Crippen molar-refractivity contribution in [1.82, 2.24) is 4.98 Å². The van der Waals surface area contributed by atoms with E-state index in [-0.39, 0.29) is 12.4 Å². The summed E-state index contributed by atoms with van der Waals surface area (Å²) in [5.74, 6) is -0.0213. The highest BCUT2D eigenvalue weighted by molar-refractivity contribution is 7.10. The number of carbonyl (C=O) groups is 1. The maximum Gasteiger partial charge on any atom is 0.345 e. The third-order valence-corrected chi connectivity index (χ3v) is 4.66. The van der Waals surface area contributed by atoms with Gasteiger partial charge in [0.25, 0.3) is 0 Å². The Balaban J connectivity index is 1.61. The third-order valence-electron chi connectivity index (χ3n) is 3.78. The van der Waals surface area contributed by atoms with Crippen LogP contribution in [0.2, 0.25) is 0 Å². The Labute approximate surface area is 152 Å². The van der Waals surface area contributed by atoms with E-state index in [9.17, 15) is 9.59 Å². The molecule has 0 fully saturated rings. The number of pyridine rings is 1. The SMILES string of the molecule is O=C(Cc1cccs1)Oc1ccc2cc(-c3ccccn3)c(=O)oc2c1. The summed E-state index contributed by atoms with van der Waals surface area (Å²) >= 11 is 1.50. The molecule has 3 aromatic heterocycles. The van der Waals surface area contributed by atoms with Crippen molar-refractivity contribution in [1.29, 1.82) is 0 Å². The molecule has 6 heteroatoms. The zero-order valence-corrected chi connectivity index (χ0v) is 14.4. The highest BCUT2D eigenvalue weighted by Crippen LogP contribution is 2.24. The lowest BCUT2D eigenvalue weighted by atomic mass is 10.1. The molecule has 0 saturated carbocycles. The van der Waals surface area contributed by atoms with Crippen molar-refractivity contribution in [3.8, 4) is 17.0 Å². The Hall–Kier alpha value is -3.25. The van der Waals surface area contributed by atoms with Crippen LogP contribution in [0.1, 0.15) is 4.88 Å². The summed E-state index contributed by atoms with van der Waals surface area (Å²) in [6.45, 7) is 0. The summed E-state index contributed by atoms with van der Waals surface area (Å²) < 4.78 is 10.7. The Morgan fingerprint density at radius 2 is 2.04 bits per heavy atom. The Bertz CT molecular complexity index is 1120. The van der Waals surface area contributed by atoms with Gasteiger partial charge in [-0.1, -0.05) is 12.1 Å². The lowest BCUT2D eigenvalue weighted by Gasteiger charge is -2.06. The normalized spacial score (nSPS) is 10.8. The molecule has 0 spiro atoms. The van der Waals surface area contributed by atoms with Crippen LogP contribution in [0, 0.1) is 0 Å². The number of carbonyl (C=O) groups excluding carboxylic acids is 1. The number of nitrogens with zero attached hydrogens (tertiary/aromatic N) is 1. The topological polar surface area (TPSA) is 69.4 Å². The molecule has 0 saturated heterocycles. The van der Waals surface area contributed by atoms with Crippen LogP contribution >= 0.6 is 11.3 Å². The second-order valence-corrected chi connectivity index (χ2v) is 6.62. The van der Waals surface area contributed by atoms with Gasteiger partial charge in [0, 0.05) is 22.5 Å². The van der Waals surface area contributed by atoms with E-state index >= 15 is 0 Å². The highest BCUT2D eigenvalue weighted by atomic mass is 32.1. The number of fused-ring (bicyclic) bond motifs is 1. The first-order valence-electron chi connectivity index (χ1n) is 7.91. The van der Waals surface area contributed by atoms with Crippen LogP contribution in [0.4, 0.5) is 0 Å². The van der Waals surface area contributed by atoms with Gasteiger partial charge in [-0.15, -0.1) is 11.3 Å². The Morgan fingerprint density at radius 1 is 1.12 bits per heavy atom. The molecule has 26 heavy (non-hydrogen) atoms. The van der Waals surface area contributed by atoms with Gasteiger partial charge in [0.1, 0.15) is 11.3 Å². The van der Waals surface area contributed by atoms with Gasteiger partial charge >= 0.3 is 11.6 Å². The molecule has 3 heterocycles. The number of benzene rings is 1. The molecule has 0 N–H and O–H groups in total. The van der Waals surface area contributed by atoms with Crippen LogP contribution in [-0.4, -0.2) is 11.0 Å². The van der Waals surface area contributed by atoms with Gasteiger partial charge in [-0.25, -0.2) is 4.79 Å². The lowest BCUT2D eigenvalue weighted by molar-refractivity contribution is -0.133. The minimum atomic E-state index is -0.488. The quantitative estimate of drug-likeness (QED) is 0.311. The van der Waals surface area contributed by atoms with Gasteiger partial charge in [0.05, 0.1) is 17.7 Å². The second-order valence-electron chi connectivity index (χ2n) is 5.59. The first-order valence-corrected chi connectivity index (χ1v) is 8.79. The molecule has 0 aliphatic heterocycles. The van der Waals surface area contributed by atoms with Crippen LogP contribution < -0.4 is 10.4 Å². The lowest BCUT2D eigenvalue weighted by Crippen LogP contribution is -2.10. The van der Waals surface area contributed by atoms with E-state index in [0.29, 0.717) is 22.6 Å². The van der Waals surface area contributed by atoms with Crippen molar-refractivity contribution in [3.63, 3.8) is 0 Å². The average Bonchev–Trinajstić information content (AvgIpc) is 3.14. The molecular weight excluding hydrogens is 350 g/mol. The molecule has 4 rings (SSSR count). The maximum atomic E-state index is 12.3. The first kappa shape index (κ1) is 16.2. The number of thiophene rings is 1. The Kier molecular flexibility index (Phi) is 4.33. The van der Waals surface area contributed by atoms with Crippen LogP contribution in [0.3, 0.4) is 0 Å². The van der Waals surface area contributed by atoms with Gasteiger partial charge in [-0.05, 0) is 41.8 Å². The van der Waals surface area contributed by atoms with E-state index < -0.39 is 5.63 Å². The van der Waals surface area contributed by atoms with E-state index in [1.807, 2.05) is 23.6 Å². The maximum absolute atomic E-state index is 12.3. The fourth-order valence-electron chi connectivity index (χ4n) is 2.58. The molecule has 0 aliphatic carbocycles. The molecule has 4 aromatic rings. The second kappa shape index (κ2) is 6.93. The van der Waals surface area contributed by atoms with E-state index in [1.54, 1.807) is 42.6 Å². The molecule has 128 valence electrons. The summed E-state index contributed by atoms with van der Waals surface area (Å²) in [5.41, 5.74) is 0.810. The number of aromatic nitrogens is 1. The van der Waals surface area contributed by atoms with Crippen LogP contribution in [0.5, 0.6) is 5.75 Å². The highest BCUT2D eigenvalue weighted by Gasteiger charge is 2.11. The molecule has 0 radical (unpaired) electrons. The first-order chi connectivity index (χ1) is 12.7. The third kappa shape index (κ3) is 3.41. The van der Waals surface area contributed by atoms with E-state index in [1.165, 1.54) is 11.3 Å². The van der Waals surface area contributed by atoms with Crippen LogP contribution in [0.15, 0.2) is 75.4 Å². The van der Waals surface area contributed by atoms with Gasteiger partial charge in [0.2, 0.25) is 0 Å². The monoisotopic (exact) mass is 363 g/mol. The van der Waals surface area contributed by atoms with Gasteiger partial charge in [0.15, 0.2) is 0 Å². The van der Waals surface area contributed by atoms with Crippen molar-refractivity contribution < 1.29 is 13.9 Å². The minimum absolute atomic E-state index is 0.207. The molecule has 0 amide bonds. The van der Waals surface area contributed by atoms with Crippen molar-refractivity contribution in [2.45, 2.75) is 6.42 Å². The predicted molar refractivity (Wildman–Crippen MR) is 99.4 cm³/mol. The van der Waals surface area contributed by atoms with Crippen molar-refractivity contribution in [2.24, 2.45) is 0 Å². The standard InChI is InChI=1S/C20H13NO4S/c22-19(12-15-4-3-9-26-15)24-14-7-6-13-10-16(17-5-1-2-8-21-17)20(23)25-18(13)11-14/h1-11H,12H2. The molecule has 0 atom stereocenters. The van der Waals surface area contributed by atoms with E-state index in [2.05, 4.69) is 4.98 Å². The smallest absolute Gasteiger partial charge is 0.345 e. The molecule has 5 nitrogen and oxygen atoms in total. The van der Waals surface area contributed by atoms with Crippen LogP contribution in [0.25, 0.3) is 22.2 Å². The number of hydrogen-bond acceptors (Lipinski definition) is 6. The minimum Gasteiger partial charge on any atom is -0.426 e. The van der Waals surface area contributed by atoms with Crippen molar-refractivity contribution in [3.05, 3.63) is 81.5 Å². The van der Waals surface area contributed by atoms with E-state index in [0.717, 1.165) is 10.3 Å². The summed E-state index contributed by atoms with van der Waals surface area (Å²) in [4.78, 5) is 29.4. The molecule has 0 unspecified atom stereocenters. The zero-order valence-electron chi connectivity index (χ0n) is 13.5. The number of ether oxygens (including phenoxy) is 1. The summed E-state index contributed by atoms with van der Waals surface area (Å²) in [6.07, 6.45) is 1.83. The molecular formula is C20H13NO4S. The predicted octanol–water partition coefficient (Wildman–Crippen LogP) is 4.06. The molecule has 1 aromatic carbocycles. The van der Waals surface area contributed by atoms with Crippen molar-refractivity contribution >= 4 is 28.3 Å². The van der Waals surface area contributed by atoms with Gasteiger partial charge < -0.3 is 9.15 Å².